The Labute approximate surface area is 90.7 Å². The van der Waals surface area contributed by atoms with Gasteiger partial charge < -0.3 is 15.2 Å². The molecule has 1 amide bonds. The molecule has 4 nitrogen and oxygen atoms in total. The van der Waals surface area contributed by atoms with E-state index < -0.39 is 0 Å². The third-order valence-electron chi connectivity index (χ3n) is 2.31. The predicted molar refractivity (Wildman–Crippen MR) is 60.4 cm³/mol. The second kappa shape index (κ2) is 6.24. The number of hydrogen-bond acceptors (Lipinski definition) is 2. The second-order valence-corrected chi connectivity index (χ2v) is 3.65. The summed E-state index contributed by atoms with van der Waals surface area (Å²) in [6, 6.07) is 3.92. The largest absolute Gasteiger partial charge is 0.364 e. The molecular weight excluding hydrogens is 190 g/mol. The number of H-pyrrole nitrogens is 1. The summed E-state index contributed by atoms with van der Waals surface area (Å²) in [6.45, 7) is 1.55. The fourth-order valence-corrected chi connectivity index (χ4v) is 1.42. The summed E-state index contributed by atoms with van der Waals surface area (Å²) >= 11 is 0. The third-order valence-corrected chi connectivity index (χ3v) is 2.31. The van der Waals surface area contributed by atoms with E-state index in [2.05, 4.69) is 10.3 Å². The van der Waals surface area contributed by atoms with Crippen molar-refractivity contribution >= 4 is 5.91 Å². The molecule has 0 saturated heterocycles. The Kier molecular flexibility index (Phi) is 4.90. The van der Waals surface area contributed by atoms with E-state index in [9.17, 15) is 4.79 Å². The second-order valence-electron chi connectivity index (χ2n) is 3.65. The van der Waals surface area contributed by atoms with Gasteiger partial charge in [0.2, 0.25) is 5.91 Å². The zero-order valence-corrected chi connectivity index (χ0v) is 9.42. The van der Waals surface area contributed by atoms with Crippen LogP contribution in [0.15, 0.2) is 18.3 Å². The Morgan fingerprint density at radius 1 is 1.60 bits per heavy atom. The molecule has 0 atom stereocenters. The van der Waals surface area contributed by atoms with Crippen molar-refractivity contribution < 1.29 is 4.79 Å². The zero-order chi connectivity index (χ0) is 11.1. The van der Waals surface area contributed by atoms with Crippen LogP contribution in [0.2, 0.25) is 0 Å². The lowest BCUT2D eigenvalue weighted by atomic mass is 10.2. The number of carbonyl (C=O) groups is 1. The molecule has 1 rings (SSSR count). The minimum Gasteiger partial charge on any atom is -0.364 e. The molecular formula is C11H19N3O. The standard InChI is InChI=1S/C11H19N3O/c1-12-7-4-6-11(15)14(2)9-10-5-3-8-13-10/h3,5,8,12-13H,4,6-7,9H2,1-2H3. The number of hydrogen-bond donors (Lipinski definition) is 2. The highest BCUT2D eigenvalue weighted by molar-refractivity contribution is 5.75. The average molecular weight is 209 g/mol. The summed E-state index contributed by atoms with van der Waals surface area (Å²) in [5, 5.41) is 3.03. The molecule has 0 aromatic carbocycles. The summed E-state index contributed by atoms with van der Waals surface area (Å²) in [4.78, 5) is 16.5. The topological polar surface area (TPSA) is 48.1 Å². The molecule has 1 heterocycles. The molecule has 0 aliphatic rings. The van der Waals surface area contributed by atoms with Crippen molar-refractivity contribution in [1.29, 1.82) is 0 Å². The van der Waals surface area contributed by atoms with Gasteiger partial charge >= 0.3 is 0 Å². The Balaban J connectivity index is 2.27. The minimum absolute atomic E-state index is 0.194. The SMILES string of the molecule is CNCCCC(=O)N(C)Cc1ccc[nH]1. The maximum absolute atomic E-state index is 11.6. The van der Waals surface area contributed by atoms with Gasteiger partial charge in [-0.2, -0.15) is 0 Å². The van der Waals surface area contributed by atoms with Crippen molar-refractivity contribution in [2.24, 2.45) is 0 Å². The maximum atomic E-state index is 11.6. The number of rotatable bonds is 6. The maximum Gasteiger partial charge on any atom is 0.222 e. The summed E-state index contributed by atoms with van der Waals surface area (Å²) in [5.41, 5.74) is 1.07. The van der Waals surface area contributed by atoms with E-state index in [1.54, 1.807) is 4.90 Å². The molecule has 0 radical (unpaired) electrons. The van der Waals surface area contributed by atoms with Gasteiger partial charge in [0.1, 0.15) is 0 Å². The van der Waals surface area contributed by atoms with Gasteiger partial charge in [0.25, 0.3) is 0 Å². The summed E-state index contributed by atoms with van der Waals surface area (Å²) in [6.07, 6.45) is 3.37. The number of aromatic amines is 1. The quantitative estimate of drug-likeness (QED) is 0.686. The fraction of sp³-hybridized carbons (Fsp3) is 0.545. The lowest BCUT2D eigenvalue weighted by molar-refractivity contribution is -0.130. The molecule has 0 fully saturated rings. The van der Waals surface area contributed by atoms with Gasteiger partial charge in [0.05, 0.1) is 6.54 Å². The van der Waals surface area contributed by atoms with Crippen LogP contribution in [0, 0.1) is 0 Å². The van der Waals surface area contributed by atoms with Crippen LogP contribution in [0.25, 0.3) is 0 Å². The number of aromatic nitrogens is 1. The van der Waals surface area contributed by atoms with Gasteiger partial charge in [-0.25, -0.2) is 0 Å². The van der Waals surface area contributed by atoms with Gasteiger partial charge in [-0.05, 0) is 32.1 Å². The van der Waals surface area contributed by atoms with Crippen molar-refractivity contribution in [3.05, 3.63) is 24.0 Å². The third kappa shape index (κ3) is 4.16. The molecule has 0 saturated carbocycles. The van der Waals surface area contributed by atoms with Crippen molar-refractivity contribution in [2.75, 3.05) is 20.6 Å². The Bertz CT molecular complexity index is 282. The first-order valence-corrected chi connectivity index (χ1v) is 5.25. The molecule has 2 N–H and O–H groups in total. The van der Waals surface area contributed by atoms with E-state index in [1.165, 1.54) is 0 Å². The smallest absolute Gasteiger partial charge is 0.222 e. The van der Waals surface area contributed by atoms with E-state index >= 15 is 0 Å². The van der Waals surface area contributed by atoms with Gasteiger partial charge in [-0.1, -0.05) is 0 Å². The first-order chi connectivity index (χ1) is 7.24. The Hall–Kier alpha value is -1.29. The Morgan fingerprint density at radius 3 is 3.00 bits per heavy atom. The first-order valence-electron chi connectivity index (χ1n) is 5.25. The summed E-state index contributed by atoms with van der Waals surface area (Å²) in [7, 11) is 3.73. The van der Waals surface area contributed by atoms with Gasteiger partial charge in [0, 0.05) is 25.4 Å². The van der Waals surface area contributed by atoms with Crippen LogP contribution < -0.4 is 5.32 Å². The normalized spacial score (nSPS) is 10.3. The number of nitrogens with one attached hydrogen (secondary N) is 2. The van der Waals surface area contributed by atoms with Gasteiger partial charge in [-0.15, -0.1) is 0 Å². The summed E-state index contributed by atoms with van der Waals surface area (Å²) < 4.78 is 0. The summed E-state index contributed by atoms with van der Waals surface area (Å²) in [5.74, 6) is 0.194. The van der Waals surface area contributed by atoms with E-state index in [1.807, 2.05) is 32.4 Å². The van der Waals surface area contributed by atoms with E-state index in [0.29, 0.717) is 13.0 Å². The highest BCUT2D eigenvalue weighted by Gasteiger charge is 2.08. The lowest BCUT2D eigenvalue weighted by Crippen LogP contribution is -2.26. The molecule has 0 aliphatic heterocycles. The Morgan fingerprint density at radius 2 is 2.40 bits per heavy atom. The number of amides is 1. The molecule has 1 aromatic heterocycles. The molecule has 0 bridgehead atoms. The number of carbonyl (C=O) groups excluding carboxylic acids is 1. The molecule has 0 spiro atoms. The molecule has 84 valence electrons. The van der Waals surface area contributed by atoms with Crippen LogP contribution in [0.5, 0.6) is 0 Å². The zero-order valence-electron chi connectivity index (χ0n) is 9.42. The van der Waals surface area contributed by atoms with E-state index in [4.69, 9.17) is 0 Å². The lowest BCUT2D eigenvalue weighted by Gasteiger charge is -2.16. The highest BCUT2D eigenvalue weighted by atomic mass is 16.2. The van der Waals surface area contributed by atoms with Crippen molar-refractivity contribution in [3.8, 4) is 0 Å². The van der Waals surface area contributed by atoms with Gasteiger partial charge in [0.15, 0.2) is 0 Å². The highest BCUT2D eigenvalue weighted by Crippen LogP contribution is 2.02. The molecule has 0 aliphatic carbocycles. The minimum atomic E-state index is 0.194. The van der Waals surface area contributed by atoms with Crippen LogP contribution >= 0.6 is 0 Å². The van der Waals surface area contributed by atoms with Crippen molar-refractivity contribution in [3.63, 3.8) is 0 Å². The van der Waals surface area contributed by atoms with Crippen LogP contribution in [0.3, 0.4) is 0 Å². The van der Waals surface area contributed by atoms with Crippen molar-refractivity contribution in [2.45, 2.75) is 19.4 Å². The van der Waals surface area contributed by atoms with E-state index in [0.717, 1.165) is 18.7 Å². The number of nitrogens with zero attached hydrogens (tertiary/aromatic N) is 1. The van der Waals surface area contributed by atoms with Crippen LogP contribution in [0.4, 0.5) is 0 Å². The monoisotopic (exact) mass is 209 g/mol. The predicted octanol–water partition coefficient (Wildman–Crippen LogP) is 0.973. The van der Waals surface area contributed by atoms with Crippen LogP contribution in [-0.4, -0.2) is 36.4 Å². The average Bonchev–Trinajstić information content (AvgIpc) is 2.70. The van der Waals surface area contributed by atoms with Gasteiger partial charge in [-0.3, -0.25) is 4.79 Å². The van der Waals surface area contributed by atoms with E-state index in [-0.39, 0.29) is 5.91 Å². The fourth-order valence-electron chi connectivity index (χ4n) is 1.42. The van der Waals surface area contributed by atoms with Crippen molar-refractivity contribution in [1.82, 2.24) is 15.2 Å². The molecule has 0 unspecified atom stereocenters. The molecule has 15 heavy (non-hydrogen) atoms. The first kappa shape index (κ1) is 11.8. The molecule has 1 aromatic rings. The molecule has 4 heteroatoms. The van der Waals surface area contributed by atoms with Crippen LogP contribution in [-0.2, 0) is 11.3 Å². The van der Waals surface area contributed by atoms with Crippen LogP contribution in [0.1, 0.15) is 18.5 Å².